The number of hydrogen-bond acceptors (Lipinski definition) is 3. The van der Waals surface area contributed by atoms with Crippen molar-refractivity contribution in [3.63, 3.8) is 0 Å². The maximum Gasteiger partial charge on any atom is 0.488 e. The number of carbonyl (C=O) groups excluding carboxylic acids is 1. The topological polar surface area (TPSA) is 57.5 Å². The highest BCUT2D eigenvalue weighted by Crippen LogP contribution is 2.40. The van der Waals surface area contributed by atoms with Gasteiger partial charge in [0.2, 0.25) is 0 Å². The van der Waals surface area contributed by atoms with Crippen molar-refractivity contribution < 1.29 is 14.8 Å². The molecule has 4 heteroatoms. The predicted octanol–water partition coefficient (Wildman–Crippen LogP) is 1.81. The van der Waals surface area contributed by atoms with Crippen LogP contribution in [0.2, 0.25) is 0 Å². The summed E-state index contributed by atoms with van der Waals surface area (Å²) in [5.41, 5.74) is 5.63. The lowest BCUT2D eigenvalue weighted by Gasteiger charge is -2.14. The molecule has 2 aliphatic carbocycles. The normalized spacial score (nSPS) is 15.4. The first kappa shape index (κ1) is 13.9. The lowest BCUT2D eigenvalue weighted by molar-refractivity contribution is -0.110. The zero-order valence-corrected chi connectivity index (χ0v) is 12.2. The third-order valence-corrected chi connectivity index (χ3v) is 4.27. The Hall–Kier alpha value is -2.69. The monoisotopic (exact) mass is 300 g/mol. The van der Waals surface area contributed by atoms with Gasteiger partial charge in [-0.25, -0.2) is 0 Å². The Balaban J connectivity index is 1.75. The molecule has 3 nitrogen and oxygen atoms in total. The van der Waals surface area contributed by atoms with Gasteiger partial charge in [0.05, 0.1) is 0 Å². The smallest absolute Gasteiger partial charge is 0.423 e. The van der Waals surface area contributed by atoms with Crippen molar-refractivity contribution in [2.75, 3.05) is 0 Å². The van der Waals surface area contributed by atoms with Gasteiger partial charge in [-0.05, 0) is 39.9 Å². The van der Waals surface area contributed by atoms with Crippen LogP contribution in [0.1, 0.15) is 16.7 Å². The van der Waals surface area contributed by atoms with Gasteiger partial charge in [0.1, 0.15) is 0 Å². The second-order valence-electron chi connectivity index (χ2n) is 5.63. The maximum atomic E-state index is 12.8. The van der Waals surface area contributed by atoms with Crippen molar-refractivity contribution in [3.8, 4) is 0 Å². The summed E-state index contributed by atoms with van der Waals surface area (Å²) in [6, 6.07) is 14.7. The largest absolute Gasteiger partial charge is 0.488 e. The van der Waals surface area contributed by atoms with E-state index >= 15 is 0 Å². The SMILES string of the molecule is O=C1C2=Cc3ccccc3C2=CC=C1c1ccc(B(O)O)cc1. The molecule has 2 aliphatic rings. The summed E-state index contributed by atoms with van der Waals surface area (Å²) < 4.78 is 0. The van der Waals surface area contributed by atoms with Crippen LogP contribution in [0.4, 0.5) is 0 Å². The standard InChI is InChI=1S/C19H13BO3/c21-19-16(12-5-7-14(8-6-12)20(22)23)9-10-17-15-4-2-1-3-13(15)11-18(17)19/h1-11,22-23H. The van der Waals surface area contributed by atoms with Crippen molar-refractivity contribution in [1.29, 1.82) is 0 Å². The molecule has 0 aliphatic heterocycles. The zero-order chi connectivity index (χ0) is 16.0. The van der Waals surface area contributed by atoms with Crippen molar-refractivity contribution in [2.24, 2.45) is 0 Å². The minimum Gasteiger partial charge on any atom is -0.423 e. The van der Waals surface area contributed by atoms with E-state index in [0.29, 0.717) is 11.0 Å². The van der Waals surface area contributed by atoms with Crippen molar-refractivity contribution in [2.45, 2.75) is 0 Å². The Morgan fingerprint density at radius 3 is 2.22 bits per heavy atom. The molecule has 0 heterocycles. The van der Waals surface area contributed by atoms with Crippen LogP contribution in [-0.4, -0.2) is 22.9 Å². The van der Waals surface area contributed by atoms with E-state index in [0.717, 1.165) is 27.8 Å². The van der Waals surface area contributed by atoms with Crippen LogP contribution in [0.25, 0.3) is 17.2 Å². The predicted molar refractivity (Wildman–Crippen MR) is 91.6 cm³/mol. The molecule has 2 N–H and O–H groups in total. The van der Waals surface area contributed by atoms with Gasteiger partial charge < -0.3 is 10.0 Å². The van der Waals surface area contributed by atoms with E-state index in [2.05, 4.69) is 0 Å². The van der Waals surface area contributed by atoms with Crippen molar-refractivity contribution >= 4 is 35.6 Å². The van der Waals surface area contributed by atoms with Crippen LogP contribution in [0.15, 0.2) is 66.3 Å². The van der Waals surface area contributed by atoms with Crippen LogP contribution < -0.4 is 5.46 Å². The highest BCUT2D eigenvalue weighted by atomic mass is 16.4. The second-order valence-corrected chi connectivity index (χ2v) is 5.63. The van der Waals surface area contributed by atoms with Crippen molar-refractivity contribution in [3.05, 3.63) is 82.9 Å². The Morgan fingerprint density at radius 2 is 1.48 bits per heavy atom. The first-order chi connectivity index (χ1) is 11.1. The fraction of sp³-hybridized carbons (Fsp3) is 0. The molecule has 4 rings (SSSR count). The summed E-state index contributed by atoms with van der Waals surface area (Å²) in [5.74, 6) is -0.00371. The molecular weight excluding hydrogens is 287 g/mol. The number of allylic oxidation sites excluding steroid dienone is 5. The molecule has 0 bridgehead atoms. The molecular formula is C19H13BO3. The molecule has 2 aromatic carbocycles. The van der Waals surface area contributed by atoms with E-state index in [4.69, 9.17) is 10.0 Å². The Kier molecular flexibility index (Phi) is 3.15. The molecule has 2 aromatic rings. The molecule has 0 amide bonds. The average molecular weight is 300 g/mol. The van der Waals surface area contributed by atoms with E-state index < -0.39 is 7.12 Å². The number of rotatable bonds is 2. The fourth-order valence-corrected chi connectivity index (χ4v) is 3.06. The third kappa shape index (κ3) is 2.20. The van der Waals surface area contributed by atoms with E-state index in [1.54, 1.807) is 24.3 Å². The zero-order valence-electron chi connectivity index (χ0n) is 12.2. The van der Waals surface area contributed by atoms with Gasteiger partial charge in [0, 0.05) is 11.1 Å². The summed E-state index contributed by atoms with van der Waals surface area (Å²) in [7, 11) is -1.50. The van der Waals surface area contributed by atoms with E-state index in [9.17, 15) is 4.79 Å². The molecule has 110 valence electrons. The number of fused-ring (bicyclic) bond motifs is 3. The Labute approximate surface area is 134 Å². The number of benzene rings is 2. The van der Waals surface area contributed by atoms with E-state index in [1.165, 1.54) is 0 Å². The summed E-state index contributed by atoms with van der Waals surface area (Å²) >= 11 is 0. The van der Waals surface area contributed by atoms with Gasteiger partial charge in [0.25, 0.3) is 0 Å². The Morgan fingerprint density at radius 1 is 0.783 bits per heavy atom. The van der Waals surface area contributed by atoms with Gasteiger partial charge in [-0.15, -0.1) is 0 Å². The highest BCUT2D eigenvalue weighted by Gasteiger charge is 2.28. The van der Waals surface area contributed by atoms with Crippen LogP contribution in [0, 0.1) is 0 Å². The average Bonchev–Trinajstić information content (AvgIpc) is 2.95. The second kappa shape index (κ2) is 5.20. The van der Waals surface area contributed by atoms with Gasteiger partial charge in [-0.1, -0.05) is 54.6 Å². The van der Waals surface area contributed by atoms with Crippen LogP contribution >= 0.6 is 0 Å². The van der Waals surface area contributed by atoms with Gasteiger partial charge in [-0.2, -0.15) is 0 Å². The Bertz CT molecular complexity index is 902. The first-order valence-electron chi connectivity index (χ1n) is 7.40. The van der Waals surface area contributed by atoms with Gasteiger partial charge in [-0.3, -0.25) is 4.79 Å². The maximum absolute atomic E-state index is 12.8. The molecule has 0 atom stereocenters. The lowest BCUT2D eigenvalue weighted by atomic mass is 9.79. The number of hydrogen-bond donors (Lipinski definition) is 2. The number of carbonyl (C=O) groups is 1. The van der Waals surface area contributed by atoms with Crippen molar-refractivity contribution in [1.82, 2.24) is 0 Å². The number of ketones is 1. The van der Waals surface area contributed by atoms with E-state index in [1.807, 2.05) is 42.5 Å². The fourth-order valence-electron chi connectivity index (χ4n) is 3.06. The quantitative estimate of drug-likeness (QED) is 0.832. The highest BCUT2D eigenvalue weighted by molar-refractivity contribution is 6.58. The van der Waals surface area contributed by atoms with Crippen LogP contribution in [0.3, 0.4) is 0 Å². The summed E-state index contributed by atoms with van der Waals surface area (Å²) in [4.78, 5) is 12.8. The summed E-state index contributed by atoms with van der Waals surface area (Å²) in [6.45, 7) is 0. The molecule has 0 saturated carbocycles. The number of Topliss-reactive ketones (excluding diaryl/α,β-unsaturated/α-hetero) is 1. The minimum atomic E-state index is -1.50. The summed E-state index contributed by atoms with van der Waals surface area (Å²) in [6.07, 6.45) is 5.74. The molecule has 0 saturated heterocycles. The van der Waals surface area contributed by atoms with E-state index in [-0.39, 0.29) is 5.78 Å². The third-order valence-electron chi connectivity index (χ3n) is 4.27. The molecule has 0 aromatic heterocycles. The summed E-state index contributed by atoms with van der Waals surface area (Å²) in [5, 5.41) is 18.3. The molecule has 0 unspecified atom stereocenters. The van der Waals surface area contributed by atoms with Crippen LogP contribution in [0.5, 0.6) is 0 Å². The van der Waals surface area contributed by atoms with Gasteiger partial charge in [0.15, 0.2) is 5.78 Å². The minimum absolute atomic E-state index is 0.00371. The lowest BCUT2D eigenvalue weighted by Crippen LogP contribution is -2.29. The van der Waals surface area contributed by atoms with Gasteiger partial charge >= 0.3 is 7.12 Å². The molecule has 0 fully saturated rings. The molecule has 23 heavy (non-hydrogen) atoms. The first-order valence-corrected chi connectivity index (χ1v) is 7.40. The van der Waals surface area contributed by atoms with Crippen LogP contribution in [-0.2, 0) is 4.79 Å². The molecule has 0 spiro atoms. The molecule has 0 radical (unpaired) electrons.